The van der Waals surface area contributed by atoms with Crippen LogP contribution in [-0.2, 0) is 0 Å². The molecule has 9 heavy (non-hydrogen) atoms. The number of hydrogen-bond donors (Lipinski definition) is 0. The van der Waals surface area contributed by atoms with Crippen molar-refractivity contribution < 1.29 is 0 Å². The van der Waals surface area contributed by atoms with Gasteiger partial charge in [0.1, 0.15) is 0 Å². The maximum atomic E-state index is 2.32. The summed E-state index contributed by atoms with van der Waals surface area (Å²) >= 11 is 1.94. The fraction of sp³-hybridized carbons (Fsp3) is 1.00. The standard InChI is InChI=1S/C8H18S/c1-7(6-9-5)8(2,3)4/h7H,6H2,1-5H3. The Bertz CT molecular complexity index is 71.1. The molecule has 0 spiro atoms. The van der Waals surface area contributed by atoms with Gasteiger partial charge >= 0.3 is 0 Å². The molecule has 0 nitrogen and oxygen atoms in total. The molecule has 0 saturated heterocycles. The number of hydrogen-bond acceptors (Lipinski definition) is 1. The highest BCUT2D eigenvalue weighted by molar-refractivity contribution is 7.98. The second-order valence-electron chi connectivity index (χ2n) is 3.72. The van der Waals surface area contributed by atoms with Gasteiger partial charge in [0.05, 0.1) is 0 Å². The summed E-state index contributed by atoms with van der Waals surface area (Å²) < 4.78 is 0. The molecule has 1 heteroatoms. The van der Waals surface area contributed by atoms with Crippen LogP contribution in [0.2, 0.25) is 0 Å². The van der Waals surface area contributed by atoms with Crippen LogP contribution in [0.1, 0.15) is 27.7 Å². The van der Waals surface area contributed by atoms with Crippen LogP contribution in [0.3, 0.4) is 0 Å². The van der Waals surface area contributed by atoms with Crippen LogP contribution in [0.4, 0.5) is 0 Å². The van der Waals surface area contributed by atoms with Crippen molar-refractivity contribution in [2.75, 3.05) is 12.0 Å². The molecule has 0 aliphatic heterocycles. The molecule has 0 heterocycles. The van der Waals surface area contributed by atoms with E-state index in [2.05, 4.69) is 34.0 Å². The van der Waals surface area contributed by atoms with E-state index in [0.29, 0.717) is 5.41 Å². The zero-order chi connectivity index (χ0) is 7.49. The molecule has 0 aromatic heterocycles. The molecule has 0 fully saturated rings. The van der Waals surface area contributed by atoms with Gasteiger partial charge in [-0.05, 0) is 23.3 Å². The van der Waals surface area contributed by atoms with E-state index in [1.165, 1.54) is 5.75 Å². The fourth-order valence-electron chi connectivity index (χ4n) is 0.500. The Morgan fingerprint density at radius 3 is 1.89 bits per heavy atom. The molecular formula is C8H18S. The monoisotopic (exact) mass is 146 g/mol. The first-order chi connectivity index (χ1) is 3.98. The third-order valence-electron chi connectivity index (χ3n) is 1.90. The van der Waals surface area contributed by atoms with E-state index in [9.17, 15) is 0 Å². The summed E-state index contributed by atoms with van der Waals surface area (Å²) in [5.74, 6) is 2.11. The lowest BCUT2D eigenvalue weighted by atomic mass is 9.83. The maximum Gasteiger partial charge on any atom is -0.00396 e. The topological polar surface area (TPSA) is 0 Å². The molecule has 1 atom stereocenters. The van der Waals surface area contributed by atoms with Crippen molar-refractivity contribution in [3.8, 4) is 0 Å². The van der Waals surface area contributed by atoms with Gasteiger partial charge in [0, 0.05) is 0 Å². The van der Waals surface area contributed by atoms with Crippen molar-refractivity contribution in [1.29, 1.82) is 0 Å². The molecule has 0 N–H and O–H groups in total. The molecular weight excluding hydrogens is 128 g/mol. The maximum absolute atomic E-state index is 2.32. The summed E-state index contributed by atoms with van der Waals surface area (Å²) in [5, 5.41) is 0. The van der Waals surface area contributed by atoms with Crippen LogP contribution >= 0.6 is 11.8 Å². The molecule has 0 radical (unpaired) electrons. The van der Waals surface area contributed by atoms with Gasteiger partial charge in [-0.2, -0.15) is 11.8 Å². The highest BCUT2D eigenvalue weighted by Gasteiger charge is 2.18. The third kappa shape index (κ3) is 3.85. The quantitative estimate of drug-likeness (QED) is 0.577. The fourth-order valence-corrected chi connectivity index (χ4v) is 1.50. The largest absolute Gasteiger partial charge is 0.165 e. The zero-order valence-corrected chi connectivity index (χ0v) is 8.01. The Labute approximate surface area is 63.4 Å². The zero-order valence-electron chi connectivity index (χ0n) is 7.19. The predicted molar refractivity (Wildman–Crippen MR) is 47.0 cm³/mol. The van der Waals surface area contributed by atoms with Gasteiger partial charge in [0.15, 0.2) is 0 Å². The predicted octanol–water partition coefficient (Wildman–Crippen LogP) is 3.03. The minimum atomic E-state index is 0.489. The molecule has 0 aromatic rings. The normalized spacial score (nSPS) is 15.7. The molecule has 1 unspecified atom stereocenters. The molecule has 0 saturated carbocycles. The average Bonchev–Trinajstić information content (AvgIpc) is 1.64. The lowest BCUT2D eigenvalue weighted by Crippen LogP contribution is -2.18. The van der Waals surface area contributed by atoms with Crippen LogP contribution in [-0.4, -0.2) is 12.0 Å². The van der Waals surface area contributed by atoms with Gasteiger partial charge in [-0.1, -0.05) is 27.7 Å². The van der Waals surface area contributed by atoms with Gasteiger partial charge in [-0.25, -0.2) is 0 Å². The average molecular weight is 146 g/mol. The first-order valence-corrected chi connectivity index (χ1v) is 4.87. The smallest absolute Gasteiger partial charge is 0.00396 e. The lowest BCUT2D eigenvalue weighted by molar-refractivity contribution is 0.289. The van der Waals surface area contributed by atoms with Crippen LogP contribution in [0, 0.1) is 11.3 Å². The van der Waals surface area contributed by atoms with Gasteiger partial charge < -0.3 is 0 Å². The van der Waals surface area contributed by atoms with E-state index in [0.717, 1.165) is 5.92 Å². The molecule has 0 aromatic carbocycles. The highest BCUT2D eigenvalue weighted by Crippen LogP contribution is 2.27. The lowest BCUT2D eigenvalue weighted by Gasteiger charge is -2.26. The van der Waals surface area contributed by atoms with E-state index < -0.39 is 0 Å². The first-order valence-electron chi connectivity index (χ1n) is 3.47. The van der Waals surface area contributed by atoms with Crippen LogP contribution in [0.25, 0.3) is 0 Å². The Morgan fingerprint density at radius 2 is 1.78 bits per heavy atom. The Morgan fingerprint density at radius 1 is 1.33 bits per heavy atom. The van der Waals surface area contributed by atoms with Gasteiger partial charge in [-0.3, -0.25) is 0 Å². The summed E-state index contributed by atoms with van der Waals surface area (Å²) in [6.45, 7) is 9.21. The summed E-state index contributed by atoms with van der Waals surface area (Å²) in [6.07, 6.45) is 2.17. The van der Waals surface area contributed by atoms with Crippen molar-refractivity contribution in [1.82, 2.24) is 0 Å². The molecule has 0 aliphatic carbocycles. The second-order valence-corrected chi connectivity index (χ2v) is 4.63. The summed E-state index contributed by atoms with van der Waals surface area (Å²) in [6, 6.07) is 0. The van der Waals surface area contributed by atoms with E-state index in [1.807, 2.05) is 11.8 Å². The third-order valence-corrected chi connectivity index (χ3v) is 2.73. The summed E-state index contributed by atoms with van der Waals surface area (Å²) in [4.78, 5) is 0. The molecule has 0 amide bonds. The molecule has 0 bridgehead atoms. The SMILES string of the molecule is CSCC(C)C(C)(C)C. The van der Waals surface area contributed by atoms with E-state index >= 15 is 0 Å². The first kappa shape index (κ1) is 9.35. The Balaban J connectivity index is 3.59. The highest BCUT2D eigenvalue weighted by atomic mass is 32.2. The van der Waals surface area contributed by atoms with E-state index in [1.54, 1.807) is 0 Å². The van der Waals surface area contributed by atoms with Crippen LogP contribution in [0.5, 0.6) is 0 Å². The van der Waals surface area contributed by atoms with Crippen molar-refractivity contribution >= 4 is 11.8 Å². The van der Waals surface area contributed by atoms with E-state index in [-0.39, 0.29) is 0 Å². The van der Waals surface area contributed by atoms with Crippen LogP contribution in [0.15, 0.2) is 0 Å². The van der Waals surface area contributed by atoms with Crippen molar-refractivity contribution in [2.45, 2.75) is 27.7 Å². The number of thioether (sulfide) groups is 1. The van der Waals surface area contributed by atoms with Crippen LogP contribution < -0.4 is 0 Å². The van der Waals surface area contributed by atoms with Crippen molar-refractivity contribution in [3.63, 3.8) is 0 Å². The summed E-state index contributed by atoms with van der Waals surface area (Å²) in [7, 11) is 0. The molecule has 0 rings (SSSR count). The Hall–Kier alpha value is 0.350. The van der Waals surface area contributed by atoms with Gasteiger partial charge in [-0.15, -0.1) is 0 Å². The summed E-state index contributed by atoms with van der Waals surface area (Å²) in [5.41, 5.74) is 0.489. The Kier molecular flexibility index (Phi) is 3.64. The molecule has 56 valence electrons. The second kappa shape index (κ2) is 3.50. The number of rotatable bonds is 2. The van der Waals surface area contributed by atoms with Crippen molar-refractivity contribution in [2.24, 2.45) is 11.3 Å². The van der Waals surface area contributed by atoms with E-state index in [4.69, 9.17) is 0 Å². The molecule has 0 aliphatic rings. The van der Waals surface area contributed by atoms with Gasteiger partial charge in [0.2, 0.25) is 0 Å². The minimum absolute atomic E-state index is 0.489. The minimum Gasteiger partial charge on any atom is -0.165 e. The van der Waals surface area contributed by atoms with Crippen molar-refractivity contribution in [3.05, 3.63) is 0 Å². The van der Waals surface area contributed by atoms with Gasteiger partial charge in [0.25, 0.3) is 0 Å².